The average Bonchev–Trinajstić information content (AvgIpc) is 2.17. The van der Waals surface area contributed by atoms with E-state index in [1.165, 1.54) is 0 Å². The van der Waals surface area contributed by atoms with Crippen LogP contribution in [0.1, 0.15) is 6.42 Å². The summed E-state index contributed by atoms with van der Waals surface area (Å²) in [5.41, 5.74) is 5.48. The van der Waals surface area contributed by atoms with Crippen molar-refractivity contribution in [2.75, 3.05) is 53.4 Å². The summed E-state index contributed by atoms with van der Waals surface area (Å²) in [6, 6.07) is 0. The first kappa shape index (κ1) is 12.8. The van der Waals surface area contributed by atoms with E-state index in [9.17, 15) is 0 Å². The second-order valence-electron chi connectivity index (χ2n) is 3.19. The van der Waals surface area contributed by atoms with Crippen LogP contribution in [0, 0.1) is 0 Å². The van der Waals surface area contributed by atoms with Gasteiger partial charge in [0.2, 0.25) is 0 Å². The van der Waals surface area contributed by atoms with E-state index in [0.29, 0.717) is 0 Å². The van der Waals surface area contributed by atoms with Gasteiger partial charge in [-0.25, -0.2) is 0 Å². The van der Waals surface area contributed by atoms with Crippen LogP contribution in [0.2, 0.25) is 0 Å². The van der Waals surface area contributed by atoms with E-state index in [4.69, 9.17) is 5.73 Å². The minimum absolute atomic E-state index is 0.787. The van der Waals surface area contributed by atoms with Crippen LogP contribution >= 0.6 is 0 Å². The molecule has 0 rings (SSSR count). The maximum atomic E-state index is 5.48. The van der Waals surface area contributed by atoms with Gasteiger partial charge in [-0.1, -0.05) is 0 Å². The fourth-order valence-electron chi connectivity index (χ4n) is 1.19. The molecule has 0 bridgehead atoms. The van der Waals surface area contributed by atoms with Crippen LogP contribution in [0.5, 0.6) is 0 Å². The Bertz CT molecular complexity index is 78.6. The smallest absolute Gasteiger partial charge is 0.0107 e. The molecule has 0 radical (unpaired) electrons. The Morgan fingerprint density at radius 3 is 1.92 bits per heavy atom. The van der Waals surface area contributed by atoms with Gasteiger partial charge in [-0.2, -0.15) is 0 Å². The number of nitrogens with two attached hydrogens (primary N) is 1. The highest BCUT2D eigenvalue weighted by Gasteiger charge is 2.01. The molecule has 0 unspecified atom stereocenters. The highest BCUT2D eigenvalue weighted by molar-refractivity contribution is 4.60. The van der Waals surface area contributed by atoms with Gasteiger partial charge >= 0.3 is 0 Å². The molecule has 0 fully saturated rings. The Labute approximate surface area is 81.9 Å². The minimum atomic E-state index is 0.787. The molecule has 0 aliphatic rings. The predicted molar refractivity (Wildman–Crippen MR) is 58.0 cm³/mol. The lowest BCUT2D eigenvalue weighted by atomic mass is 10.3. The number of rotatable bonds is 9. The van der Waals surface area contributed by atoms with Gasteiger partial charge in [0.25, 0.3) is 0 Å². The summed E-state index contributed by atoms with van der Waals surface area (Å²) in [6.07, 6.45) is 1.09. The number of nitrogens with zero attached hydrogens (tertiary/aromatic N) is 1. The number of nitrogens with one attached hydrogen (secondary N) is 2. The monoisotopic (exact) mass is 188 g/mol. The molecule has 0 aromatic rings. The summed E-state index contributed by atoms with van der Waals surface area (Å²) in [6.45, 7) is 6.22. The van der Waals surface area contributed by atoms with Crippen LogP contribution < -0.4 is 16.4 Å². The van der Waals surface area contributed by atoms with E-state index in [2.05, 4.69) is 15.5 Å². The lowest BCUT2D eigenvalue weighted by Gasteiger charge is -2.21. The molecule has 0 saturated heterocycles. The Morgan fingerprint density at radius 1 is 1.00 bits per heavy atom. The topological polar surface area (TPSA) is 53.3 Å². The molecule has 4 nitrogen and oxygen atoms in total. The van der Waals surface area contributed by atoms with Crippen molar-refractivity contribution in [3.8, 4) is 0 Å². The van der Waals surface area contributed by atoms with Crippen LogP contribution in [-0.2, 0) is 0 Å². The van der Waals surface area contributed by atoms with Crippen molar-refractivity contribution < 1.29 is 0 Å². The Morgan fingerprint density at radius 2 is 1.54 bits per heavy atom. The molecule has 0 aliphatic heterocycles. The number of hydrogen-bond acceptors (Lipinski definition) is 4. The van der Waals surface area contributed by atoms with Gasteiger partial charge in [-0.05, 0) is 33.6 Å². The molecule has 0 aliphatic carbocycles. The van der Waals surface area contributed by atoms with Crippen molar-refractivity contribution >= 4 is 0 Å². The molecular formula is C9H24N4. The Kier molecular flexibility index (Phi) is 9.80. The molecule has 0 spiro atoms. The second-order valence-corrected chi connectivity index (χ2v) is 3.19. The minimum Gasteiger partial charge on any atom is -0.330 e. The van der Waals surface area contributed by atoms with E-state index < -0.39 is 0 Å². The van der Waals surface area contributed by atoms with E-state index >= 15 is 0 Å². The zero-order chi connectivity index (χ0) is 9.94. The molecule has 0 heterocycles. The first-order chi connectivity index (χ1) is 6.35. The first-order valence-corrected chi connectivity index (χ1v) is 5.06. The van der Waals surface area contributed by atoms with Crippen molar-refractivity contribution in [3.63, 3.8) is 0 Å². The van der Waals surface area contributed by atoms with Crippen LogP contribution in [-0.4, -0.2) is 58.3 Å². The van der Waals surface area contributed by atoms with Crippen molar-refractivity contribution in [1.29, 1.82) is 0 Å². The van der Waals surface area contributed by atoms with Gasteiger partial charge in [0.15, 0.2) is 0 Å². The molecule has 0 aromatic carbocycles. The molecule has 80 valence electrons. The Balaban J connectivity index is 3.47. The highest BCUT2D eigenvalue weighted by atomic mass is 15.1. The van der Waals surface area contributed by atoms with E-state index in [0.717, 1.165) is 45.7 Å². The standard InChI is InChI=1S/C9H24N4/c1-11-5-8-13(7-3-4-10)9-6-12-2/h11-12H,3-10H2,1-2H3. The molecule has 0 saturated carbocycles. The summed E-state index contributed by atoms with van der Waals surface area (Å²) in [5, 5.41) is 6.32. The SMILES string of the molecule is CNCCN(CCCN)CCNC. The number of hydrogen-bond donors (Lipinski definition) is 3. The predicted octanol–water partition coefficient (Wildman–Crippen LogP) is -0.924. The molecule has 4 N–H and O–H groups in total. The summed E-state index contributed by atoms with van der Waals surface area (Å²) in [7, 11) is 3.97. The van der Waals surface area contributed by atoms with Gasteiger partial charge in [0.05, 0.1) is 0 Å². The molecule has 4 heteroatoms. The fourth-order valence-corrected chi connectivity index (χ4v) is 1.19. The van der Waals surface area contributed by atoms with Gasteiger partial charge in [-0.15, -0.1) is 0 Å². The summed E-state index contributed by atoms with van der Waals surface area (Å²) in [4.78, 5) is 2.43. The third-order valence-corrected chi connectivity index (χ3v) is 2.03. The van der Waals surface area contributed by atoms with Crippen LogP contribution in [0.3, 0.4) is 0 Å². The van der Waals surface area contributed by atoms with Crippen molar-refractivity contribution in [2.45, 2.75) is 6.42 Å². The average molecular weight is 188 g/mol. The largest absolute Gasteiger partial charge is 0.330 e. The van der Waals surface area contributed by atoms with Crippen molar-refractivity contribution in [2.24, 2.45) is 5.73 Å². The molecule has 13 heavy (non-hydrogen) atoms. The van der Waals surface area contributed by atoms with Gasteiger partial charge in [0, 0.05) is 26.2 Å². The summed E-state index contributed by atoms with van der Waals surface area (Å²) < 4.78 is 0. The zero-order valence-corrected chi connectivity index (χ0v) is 8.97. The normalized spacial score (nSPS) is 11.1. The van der Waals surface area contributed by atoms with Gasteiger partial charge < -0.3 is 21.3 Å². The molecule has 0 amide bonds. The van der Waals surface area contributed by atoms with Crippen LogP contribution in [0.25, 0.3) is 0 Å². The van der Waals surface area contributed by atoms with E-state index in [1.807, 2.05) is 14.1 Å². The summed E-state index contributed by atoms with van der Waals surface area (Å²) >= 11 is 0. The van der Waals surface area contributed by atoms with E-state index in [1.54, 1.807) is 0 Å². The summed E-state index contributed by atoms with van der Waals surface area (Å²) in [5.74, 6) is 0. The van der Waals surface area contributed by atoms with Crippen molar-refractivity contribution in [1.82, 2.24) is 15.5 Å². The lowest BCUT2D eigenvalue weighted by Crippen LogP contribution is -2.36. The molecular weight excluding hydrogens is 164 g/mol. The third kappa shape index (κ3) is 8.18. The molecule has 0 aromatic heterocycles. The second kappa shape index (κ2) is 9.92. The van der Waals surface area contributed by atoms with E-state index in [-0.39, 0.29) is 0 Å². The highest BCUT2D eigenvalue weighted by Crippen LogP contribution is 1.88. The molecule has 0 atom stereocenters. The quantitative estimate of drug-likeness (QED) is 0.438. The Hall–Kier alpha value is -0.160. The van der Waals surface area contributed by atoms with Gasteiger partial charge in [0.1, 0.15) is 0 Å². The van der Waals surface area contributed by atoms with Crippen LogP contribution in [0.4, 0.5) is 0 Å². The van der Waals surface area contributed by atoms with Crippen LogP contribution in [0.15, 0.2) is 0 Å². The zero-order valence-electron chi connectivity index (χ0n) is 8.97. The van der Waals surface area contributed by atoms with Crippen molar-refractivity contribution in [3.05, 3.63) is 0 Å². The first-order valence-electron chi connectivity index (χ1n) is 5.06. The lowest BCUT2D eigenvalue weighted by molar-refractivity contribution is 0.275. The fraction of sp³-hybridized carbons (Fsp3) is 1.00. The maximum Gasteiger partial charge on any atom is 0.0107 e. The third-order valence-electron chi connectivity index (χ3n) is 2.03. The number of likely N-dealkylation sites (N-methyl/N-ethyl adjacent to an activating group) is 2. The van der Waals surface area contributed by atoms with Gasteiger partial charge in [-0.3, -0.25) is 0 Å². The maximum absolute atomic E-state index is 5.48.